The van der Waals surface area contributed by atoms with Gasteiger partial charge in [-0.3, -0.25) is 0 Å². The van der Waals surface area contributed by atoms with Gasteiger partial charge in [-0.25, -0.2) is 0 Å². The van der Waals surface area contributed by atoms with Gasteiger partial charge in [0.1, 0.15) is 0 Å². The number of benzene rings is 2. The molecule has 2 N–H and O–H groups in total. The Kier molecular flexibility index (Phi) is 5.18. The quantitative estimate of drug-likeness (QED) is 0.907. The topological polar surface area (TPSA) is 29.3 Å². The van der Waals surface area contributed by atoms with Crippen molar-refractivity contribution in [3.63, 3.8) is 0 Å². The summed E-state index contributed by atoms with van der Waals surface area (Å²) in [6.07, 6.45) is 0. The molecular formula is C17H21ClN2. The molecule has 0 radical (unpaired) electrons. The van der Waals surface area contributed by atoms with E-state index < -0.39 is 0 Å². The van der Waals surface area contributed by atoms with E-state index in [1.165, 1.54) is 11.1 Å². The molecule has 2 rings (SSSR count). The molecule has 106 valence electrons. The molecule has 2 nitrogen and oxygen atoms in total. The summed E-state index contributed by atoms with van der Waals surface area (Å²) in [5, 5.41) is 0.809. The SMILES string of the molecule is Cc1ccc(C(N)CN(C)Cc2ccccc2Cl)cc1. The van der Waals surface area contributed by atoms with Crippen molar-refractivity contribution in [2.45, 2.75) is 19.5 Å². The first-order valence-corrected chi connectivity index (χ1v) is 7.18. The summed E-state index contributed by atoms with van der Waals surface area (Å²) in [6, 6.07) is 16.3. The average Bonchev–Trinajstić information content (AvgIpc) is 2.42. The highest BCUT2D eigenvalue weighted by Crippen LogP contribution is 2.18. The largest absolute Gasteiger partial charge is 0.323 e. The molecule has 0 saturated heterocycles. The molecule has 20 heavy (non-hydrogen) atoms. The van der Waals surface area contributed by atoms with Gasteiger partial charge in [0, 0.05) is 24.2 Å². The Labute approximate surface area is 126 Å². The Morgan fingerprint density at radius 3 is 2.40 bits per heavy atom. The Bertz CT molecular complexity index is 551. The minimum atomic E-state index is 0.0167. The zero-order valence-corrected chi connectivity index (χ0v) is 12.8. The first-order chi connectivity index (χ1) is 9.56. The van der Waals surface area contributed by atoms with Crippen molar-refractivity contribution in [2.75, 3.05) is 13.6 Å². The van der Waals surface area contributed by atoms with Gasteiger partial charge in [-0.2, -0.15) is 0 Å². The van der Waals surface area contributed by atoms with Crippen LogP contribution in [0.4, 0.5) is 0 Å². The van der Waals surface area contributed by atoms with E-state index >= 15 is 0 Å². The summed E-state index contributed by atoms with van der Waals surface area (Å²) in [5.41, 5.74) is 9.82. The number of likely N-dealkylation sites (N-methyl/N-ethyl adjacent to an activating group) is 1. The van der Waals surface area contributed by atoms with Crippen molar-refractivity contribution < 1.29 is 0 Å². The van der Waals surface area contributed by atoms with Gasteiger partial charge < -0.3 is 10.6 Å². The molecular weight excluding hydrogens is 268 g/mol. The Balaban J connectivity index is 1.96. The number of hydrogen-bond donors (Lipinski definition) is 1. The molecule has 0 bridgehead atoms. The van der Waals surface area contributed by atoms with Gasteiger partial charge in [0.2, 0.25) is 0 Å². The van der Waals surface area contributed by atoms with Crippen LogP contribution >= 0.6 is 11.6 Å². The van der Waals surface area contributed by atoms with Crippen LogP contribution in [0.3, 0.4) is 0 Å². The maximum absolute atomic E-state index is 6.26. The van der Waals surface area contributed by atoms with Crippen LogP contribution in [-0.4, -0.2) is 18.5 Å². The fourth-order valence-corrected chi connectivity index (χ4v) is 2.43. The van der Waals surface area contributed by atoms with Crippen LogP contribution in [0.15, 0.2) is 48.5 Å². The first kappa shape index (κ1) is 15.0. The van der Waals surface area contributed by atoms with E-state index in [9.17, 15) is 0 Å². The fraction of sp³-hybridized carbons (Fsp3) is 0.294. The van der Waals surface area contributed by atoms with Crippen LogP contribution in [0.1, 0.15) is 22.7 Å². The van der Waals surface area contributed by atoms with Crippen LogP contribution in [0.5, 0.6) is 0 Å². The third-order valence-corrected chi connectivity index (χ3v) is 3.78. The molecule has 2 aromatic rings. The second kappa shape index (κ2) is 6.89. The van der Waals surface area contributed by atoms with Crippen LogP contribution in [0.2, 0.25) is 5.02 Å². The molecule has 0 spiro atoms. The summed E-state index contributed by atoms with van der Waals surface area (Å²) in [7, 11) is 2.07. The molecule has 0 amide bonds. The Morgan fingerprint density at radius 1 is 1.10 bits per heavy atom. The van der Waals surface area contributed by atoms with E-state index in [1.807, 2.05) is 18.2 Å². The first-order valence-electron chi connectivity index (χ1n) is 6.80. The van der Waals surface area contributed by atoms with Crippen LogP contribution in [0, 0.1) is 6.92 Å². The summed E-state index contributed by atoms with van der Waals surface area (Å²) in [4.78, 5) is 2.20. The maximum Gasteiger partial charge on any atom is 0.0451 e. The number of aryl methyl sites for hydroxylation is 1. The standard InChI is InChI=1S/C17H21ClN2/c1-13-7-9-14(10-8-13)17(19)12-20(2)11-15-5-3-4-6-16(15)18/h3-10,17H,11-12,19H2,1-2H3. The maximum atomic E-state index is 6.26. The molecule has 1 unspecified atom stereocenters. The highest BCUT2D eigenvalue weighted by Gasteiger charge is 2.10. The number of nitrogens with two attached hydrogens (primary N) is 1. The van der Waals surface area contributed by atoms with Gasteiger partial charge in [-0.05, 0) is 31.2 Å². The second-order valence-electron chi connectivity index (χ2n) is 5.31. The van der Waals surface area contributed by atoms with Crippen molar-refractivity contribution in [2.24, 2.45) is 5.73 Å². The van der Waals surface area contributed by atoms with E-state index in [4.69, 9.17) is 17.3 Å². The minimum absolute atomic E-state index is 0.0167. The lowest BCUT2D eigenvalue weighted by atomic mass is 10.1. The van der Waals surface area contributed by atoms with E-state index in [0.717, 1.165) is 23.7 Å². The van der Waals surface area contributed by atoms with E-state index in [0.29, 0.717) is 0 Å². The monoisotopic (exact) mass is 288 g/mol. The van der Waals surface area contributed by atoms with Gasteiger partial charge >= 0.3 is 0 Å². The second-order valence-corrected chi connectivity index (χ2v) is 5.71. The molecule has 3 heteroatoms. The highest BCUT2D eigenvalue weighted by atomic mass is 35.5. The highest BCUT2D eigenvalue weighted by molar-refractivity contribution is 6.31. The zero-order chi connectivity index (χ0) is 14.5. The van der Waals surface area contributed by atoms with Crippen molar-refractivity contribution in [3.05, 3.63) is 70.2 Å². The third kappa shape index (κ3) is 4.07. The van der Waals surface area contributed by atoms with Crippen molar-refractivity contribution in [1.82, 2.24) is 4.90 Å². The third-order valence-electron chi connectivity index (χ3n) is 3.41. The fourth-order valence-electron chi connectivity index (χ4n) is 2.24. The molecule has 0 fully saturated rings. The molecule has 1 atom stereocenters. The molecule has 0 aliphatic heterocycles. The summed E-state index contributed by atoms with van der Waals surface area (Å²) in [6.45, 7) is 3.69. The molecule has 0 heterocycles. The van der Waals surface area contributed by atoms with Crippen LogP contribution in [0.25, 0.3) is 0 Å². The zero-order valence-electron chi connectivity index (χ0n) is 12.0. The van der Waals surface area contributed by atoms with Crippen molar-refractivity contribution >= 4 is 11.6 Å². The van der Waals surface area contributed by atoms with E-state index in [1.54, 1.807) is 0 Å². The lowest BCUT2D eigenvalue weighted by Crippen LogP contribution is -2.28. The van der Waals surface area contributed by atoms with Gasteiger partial charge in [0.05, 0.1) is 0 Å². The van der Waals surface area contributed by atoms with Gasteiger partial charge in [-0.15, -0.1) is 0 Å². The van der Waals surface area contributed by atoms with Gasteiger partial charge in [0.25, 0.3) is 0 Å². The molecule has 0 aliphatic carbocycles. The normalized spacial score (nSPS) is 12.7. The Morgan fingerprint density at radius 2 is 1.75 bits per heavy atom. The number of nitrogens with zero attached hydrogens (tertiary/aromatic N) is 1. The summed E-state index contributed by atoms with van der Waals surface area (Å²) in [5.74, 6) is 0. The average molecular weight is 289 g/mol. The number of halogens is 1. The van der Waals surface area contributed by atoms with Crippen molar-refractivity contribution in [3.8, 4) is 0 Å². The molecule has 0 aliphatic rings. The van der Waals surface area contributed by atoms with Crippen molar-refractivity contribution in [1.29, 1.82) is 0 Å². The lowest BCUT2D eigenvalue weighted by Gasteiger charge is -2.22. The Hall–Kier alpha value is -1.35. The number of rotatable bonds is 5. The minimum Gasteiger partial charge on any atom is -0.323 e. The van der Waals surface area contributed by atoms with E-state index in [-0.39, 0.29) is 6.04 Å². The van der Waals surface area contributed by atoms with Crippen LogP contribution in [-0.2, 0) is 6.54 Å². The van der Waals surface area contributed by atoms with Gasteiger partial charge in [-0.1, -0.05) is 59.6 Å². The lowest BCUT2D eigenvalue weighted by molar-refractivity contribution is 0.305. The van der Waals surface area contributed by atoms with Crippen LogP contribution < -0.4 is 5.73 Å². The predicted octanol–water partition coefficient (Wildman–Crippen LogP) is 3.78. The number of hydrogen-bond acceptors (Lipinski definition) is 2. The molecule has 0 saturated carbocycles. The molecule has 0 aromatic heterocycles. The summed E-state index contributed by atoms with van der Waals surface area (Å²) >= 11 is 6.18. The molecule has 2 aromatic carbocycles. The van der Waals surface area contributed by atoms with Gasteiger partial charge in [0.15, 0.2) is 0 Å². The van der Waals surface area contributed by atoms with E-state index in [2.05, 4.69) is 49.2 Å². The summed E-state index contributed by atoms with van der Waals surface area (Å²) < 4.78 is 0. The predicted molar refractivity (Wildman–Crippen MR) is 85.9 cm³/mol. The smallest absolute Gasteiger partial charge is 0.0451 e.